The monoisotopic (exact) mass is 1010 g/mol. The molecule has 6 heteroatoms. The maximum Gasteiger partial charge on any atom is 0.306 e. The Balaban J connectivity index is 4.56. The second-order valence-electron chi connectivity index (χ2n) is 19.1. The third-order valence-corrected chi connectivity index (χ3v) is 12.2. The first-order chi connectivity index (χ1) is 36.0. The van der Waals surface area contributed by atoms with E-state index in [1.54, 1.807) is 0 Å². The maximum atomic E-state index is 12.9. The number of carbonyl (C=O) groups is 3. The number of ether oxygens (including phenoxy) is 3. The van der Waals surface area contributed by atoms with Gasteiger partial charge in [0.2, 0.25) is 0 Å². The van der Waals surface area contributed by atoms with Crippen LogP contribution < -0.4 is 0 Å². The molecule has 0 bridgehead atoms. The summed E-state index contributed by atoms with van der Waals surface area (Å²) in [5.41, 5.74) is 0. The maximum absolute atomic E-state index is 12.9. The average Bonchev–Trinajstić information content (AvgIpc) is 3.39. The molecule has 0 saturated carbocycles. The summed E-state index contributed by atoms with van der Waals surface area (Å²) in [4.78, 5) is 38.2. The molecule has 0 fully saturated rings. The van der Waals surface area contributed by atoms with Crippen LogP contribution in [0.2, 0.25) is 0 Å². The number of hydrogen-bond acceptors (Lipinski definition) is 6. The summed E-state index contributed by atoms with van der Waals surface area (Å²) in [5.74, 6) is -1.04. The highest BCUT2D eigenvalue weighted by molar-refractivity contribution is 5.71. The molecule has 412 valence electrons. The molecule has 0 amide bonds. The van der Waals surface area contributed by atoms with Crippen LogP contribution in [0.25, 0.3) is 0 Å². The van der Waals surface area contributed by atoms with Gasteiger partial charge in [0, 0.05) is 19.3 Å². The predicted molar refractivity (Wildman–Crippen MR) is 316 cm³/mol. The Morgan fingerprint density at radius 1 is 0.288 bits per heavy atom. The van der Waals surface area contributed by atoms with E-state index in [4.69, 9.17) is 14.2 Å². The molecule has 0 saturated heterocycles. The highest BCUT2D eigenvalue weighted by Crippen LogP contribution is 2.15. The number of allylic oxidation sites excluding steroid dienone is 22. The van der Waals surface area contributed by atoms with E-state index in [9.17, 15) is 14.4 Å². The molecule has 6 nitrogen and oxygen atoms in total. The lowest BCUT2D eigenvalue weighted by Gasteiger charge is -2.18. The zero-order valence-electron chi connectivity index (χ0n) is 47.1. The van der Waals surface area contributed by atoms with Crippen LogP contribution in [0, 0.1) is 0 Å². The van der Waals surface area contributed by atoms with Crippen molar-refractivity contribution in [2.24, 2.45) is 0 Å². The molecule has 0 aliphatic heterocycles. The predicted octanol–water partition coefficient (Wildman–Crippen LogP) is 20.2. The summed E-state index contributed by atoms with van der Waals surface area (Å²) in [6.45, 7) is 6.33. The topological polar surface area (TPSA) is 78.9 Å². The fraction of sp³-hybridized carbons (Fsp3) is 0.627. The van der Waals surface area contributed by atoms with Crippen LogP contribution in [0.5, 0.6) is 0 Å². The van der Waals surface area contributed by atoms with Crippen molar-refractivity contribution >= 4 is 17.9 Å². The molecular formula is C67H108O6. The third kappa shape index (κ3) is 58.3. The zero-order valence-corrected chi connectivity index (χ0v) is 47.1. The van der Waals surface area contributed by atoms with Gasteiger partial charge in [-0.2, -0.15) is 0 Å². The smallest absolute Gasteiger partial charge is 0.306 e. The SMILES string of the molecule is CC/C=C\C/C=C\C/C=C\C/C=C\C/C=C\C/C=C\CCC(=O)OC[C@H](COC(=O)CCCCC/C=C\C/C=C\C/C=C\C/C=C\C/C=C\CC)OC(=O)CCCCCCCCCCCCCCCCCCC. The van der Waals surface area contributed by atoms with Crippen LogP contribution in [0.15, 0.2) is 134 Å². The minimum Gasteiger partial charge on any atom is -0.462 e. The summed E-state index contributed by atoms with van der Waals surface area (Å²) in [7, 11) is 0. The Morgan fingerprint density at radius 3 is 0.918 bits per heavy atom. The summed E-state index contributed by atoms with van der Waals surface area (Å²) in [5, 5.41) is 0. The molecule has 0 aromatic rings. The molecule has 73 heavy (non-hydrogen) atoms. The van der Waals surface area contributed by atoms with Crippen molar-refractivity contribution in [3.63, 3.8) is 0 Å². The van der Waals surface area contributed by atoms with Crippen LogP contribution in [0.4, 0.5) is 0 Å². The standard InChI is InChI=1S/C67H108O6/c1-4-7-10-13-16-19-22-25-28-31-33-36-38-41-44-47-50-53-56-59-65(68)71-62-64(73-67(70)61-58-55-52-49-46-43-40-35-30-27-24-21-18-15-12-9-6-3)63-72-66(69)60-57-54-51-48-45-42-39-37-34-32-29-26-23-20-17-14-11-8-5-2/h7-8,10-11,16-17,19-20,25-26,28-29,33-34,36-37,41-42,44-45,50,53,64H,4-6,9,12-15,18,21-24,27,30-32,35,38-40,43,46-49,51-52,54-63H2,1-3H3/b10-7-,11-8-,19-16-,20-17-,28-25-,29-26-,36-33-,37-34-,44-41-,45-42-,53-50-/t64-/m1/s1. The lowest BCUT2D eigenvalue weighted by Crippen LogP contribution is -2.30. The van der Waals surface area contributed by atoms with E-state index in [1.165, 1.54) is 89.9 Å². The summed E-state index contributed by atoms with van der Waals surface area (Å²) in [6.07, 6.45) is 84.5. The number of hydrogen-bond donors (Lipinski definition) is 0. The second-order valence-corrected chi connectivity index (χ2v) is 19.1. The summed E-state index contributed by atoms with van der Waals surface area (Å²) >= 11 is 0. The van der Waals surface area contributed by atoms with E-state index < -0.39 is 6.10 Å². The van der Waals surface area contributed by atoms with Gasteiger partial charge in [0.25, 0.3) is 0 Å². The third-order valence-electron chi connectivity index (χ3n) is 12.2. The molecule has 0 unspecified atom stereocenters. The lowest BCUT2D eigenvalue weighted by atomic mass is 10.0. The first kappa shape index (κ1) is 68.6. The molecule has 0 aliphatic rings. The fourth-order valence-electron chi connectivity index (χ4n) is 7.79. The molecule has 1 atom stereocenters. The highest BCUT2D eigenvalue weighted by Gasteiger charge is 2.19. The number of carbonyl (C=O) groups excluding carboxylic acids is 3. The van der Waals surface area contributed by atoms with E-state index in [0.717, 1.165) is 116 Å². The van der Waals surface area contributed by atoms with Gasteiger partial charge in [0.15, 0.2) is 6.10 Å². The van der Waals surface area contributed by atoms with E-state index >= 15 is 0 Å². The quantitative estimate of drug-likeness (QED) is 0.0261. The lowest BCUT2D eigenvalue weighted by molar-refractivity contribution is -0.166. The molecule has 0 N–H and O–H groups in total. The van der Waals surface area contributed by atoms with E-state index in [2.05, 4.69) is 148 Å². The van der Waals surface area contributed by atoms with Crippen molar-refractivity contribution < 1.29 is 28.6 Å². The fourth-order valence-corrected chi connectivity index (χ4v) is 7.79. The van der Waals surface area contributed by atoms with E-state index in [1.807, 2.05) is 6.08 Å². The van der Waals surface area contributed by atoms with Crippen LogP contribution >= 0.6 is 0 Å². The van der Waals surface area contributed by atoms with Crippen molar-refractivity contribution in [3.05, 3.63) is 134 Å². The summed E-state index contributed by atoms with van der Waals surface area (Å²) < 4.78 is 16.8. The second kappa shape index (κ2) is 60.1. The van der Waals surface area contributed by atoms with Gasteiger partial charge in [-0.25, -0.2) is 0 Å². The zero-order chi connectivity index (χ0) is 52.9. The van der Waals surface area contributed by atoms with E-state index in [0.29, 0.717) is 19.3 Å². The van der Waals surface area contributed by atoms with Crippen LogP contribution in [0.3, 0.4) is 0 Å². The minimum absolute atomic E-state index is 0.121. The van der Waals surface area contributed by atoms with Crippen LogP contribution in [0.1, 0.15) is 252 Å². The van der Waals surface area contributed by atoms with Gasteiger partial charge in [-0.3, -0.25) is 14.4 Å². The van der Waals surface area contributed by atoms with Crippen LogP contribution in [-0.4, -0.2) is 37.2 Å². The molecule has 0 heterocycles. The van der Waals surface area contributed by atoms with Crippen molar-refractivity contribution in [1.29, 1.82) is 0 Å². The van der Waals surface area contributed by atoms with Gasteiger partial charge in [-0.05, 0) is 103 Å². The molecule has 0 aromatic carbocycles. The normalized spacial score (nSPS) is 13.1. The minimum atomic E-state index is -0.826. The van der Waals surface area contributed by atoms with Crippen molar-refractivity contribution in [1.82, 2.24) is 0 Å². The number of rotatable bonds is 52. The number of esters is 3. The number of unbranched alkanes of at least 4 members (excludes halogenated alkanes) is 19. The van der Waals surface area contributed by atoms with Gasteiger partial charge in [-0.1, -0.05) is 264 Å². The Kier molecular flexibility index (Phi) is 56.4. The van der Waals surface area contributed by atoms with Gasteiger partial charge < -0.3 is 14.2 Å². The largest absolute Gasteiger partial charge is 0.462 e. The Labute approximate surface area is 449 Å². The van der Waals surface area contributed by atoms with Gasteiger partial charge in [0.05, 0.1) is 0 Å². The Bertz CT molecular complexity index is 1580. The average molecular weight is 1010 g/mol. The van der Waals surface area contributed by atoms with Crippen molar-refractivity contribution in [2.45, 2.75) is 258 Å². The first-order valence-corrected chi connectivity index (χ1v) is 29.7. The molecule has 0 aliphatic carbocycles. The van der Waals surface area contributed by atoms with Crippen molar-refractivity contribution in [2.75, 3.05) is 13.2 Å². The van der Waals surface area contributed by atoms with Gasteiger partial charge >= 0.3 is 17.9 Å². The van der Waals surface area contributed by atoms with E-state index in [-0.39, 0.29) is 37.5 Å². The molecule has 0 rings (SSSR count). The summed E-state index contributed by atoms with van der Waals surface area (Å²) in [6, 6.07) is 0. The molecule has 0 radical (unpaired) electrons. The first-order valence-electron chi connectivity index (χ1n) is 29.7. The Hall–Kier alpha value is -4.45. The Morgan fingerprint density at radius 2 is 0.562 bits per heavy atom. The van der Waals surface area contributed by atoms with Gasteiger partial charge in [0.1, 0.15) is 13.2 Å². The van der Waals surface area contributed by atoms with Gasteiger partial charge in [-0.15, -0.1) is 0 Å². The van der Waals surface area contributed by atoms with Crippen LogP contribution in [-0.2, 0) is 28.6 Å². The highest BCUT2D eigenvalue weighted by atomic mass is 16.6. The molecule has 0 spiro atoms. The molecular weight excluding hydrogens is 901 g/mol. The van der Waals surface area contributed by atoms with Crippen molar-refractivity contribution in [3.8, 4) is 0 Å². The molecule has 0 aromatic heterocycles.